The molecule has 0 bridgehead atoms. The Morgan fingerprint density at radius 3 is 2.61 bits per heavy atom. The van der Waals surface area contributed by atoms with Crippen molar-refractivity contribution >= 4 is 28.2 Å². The largest absolute Gasteiger partial charge is 0.478 e. The summed E-state index contributed by atoms with van der Waals surface area (Å²) in [4.78, 5) is 15.8. The second-order valence-electron chi connectivity index (χ2n) is 5.07. The average molecular weight is 308 g/mol. The summed E-state index contributed by atoms with van der Waals surface area (Å²) in [5.74, 6) is 0.146. The smallest absolute Gasteiger partial charge is 0.339 e. The predicted molar refractivity (Wildman–Crippen MR) is 84.6 cm³/mol. The maximum Gasteiger partial charge on any atom is 0.339 e. The van der Waals surface area contributed by atoms with Gasteiger partial charge in [0.15, 0.2) is 11.5 Å². The number of ether oxygens (including phenoxy) is 2. The SMILES string of the molecule is O=C(O)c1cnc2cc3c(cc2c1Nc1ccccc1)OCO3. The zero-order valence-electron chi connectivity index (χ0n) is 11.9. The fourth-order valence-electron chi connectivity index (χ4n) is 2.54. The van der Waals surface area contributed by atoms with Crippen LogP contribution >= 0.6 is 0 Å². The Bertz CT molecular complexity index is 909. The van der Waals surface area contributed by atoms with Crippen molar-refractivity contribution < 1.29 is 19.4 Å². The molecule has 0 amide bonds. The summed E-state index contributed by atoms with van der Waals surface area (Å²) >= 11 is 0. The van der Waals surface area contributed by atoms with Crippen LogP contribution in [0.3, 0.4) is 0 Å². The van der Waals surface area contributed by atoms with E-state index in [1.165, 1.54) is 6.20 Å². The highest BCUT2D eigenvalue weighted by atomic mass is 16.7. The van der Waals surface area contributed by atoms with Gasteiger partial charge in [0.05, 0.1) is 11.2 Å². The number of aromatic nitrogens is 1. The third kappa shape index (κ3) is 2.30. The number of pyridine rings is 1. The molecule has 2 heterocycles. The molecule has 2 N–H and O–H groups in total. The number of hydrogen-bond donors (Lipinski definition) is 2. The van der Waals surface area contributed by atoms with Crippen molar-refractivity contribution in [3.8, 4) is 11.5 Å². The van der Waals surface area contributed by atoms with Crippen LogP contribution in [0.5, 0.6) is 11.5 Å². The van der Waals surface area contributed by atoms with Gasteiger partial charge in [-0.1, -0.05) is 18.2 Å². The van der Waals surface area contributed by atoms with Crippen LogP contribution in [0, 0.1) is 0 Å². The summed E-state index contributed by atoms with van der Waals surface area (Å²) in [5.41, 5.74) is 2.00. The van der Waals surface area contributed by atoms with E-state index in [1.807, 2.05) is 30.3 Å². The first-order valence-electron chi connectivity index (χ1n) is 7.00. The molecule has 1 aliphatic rings. The molecule has 0 saturated heterocycles. The Morgan fingerprint density at radius 1 is 1.13 bits per heavy atom. The van der Waals surface area contributed by atoms with Crippen molar-refractivity contribution in [1.29, 1.82) is 0 Å². The summed E-state index contributed by atoms with van der Waals surface area (Å²) in [6.45, 7) is 0.152. The first-order chi connectivity index (χ1) is 11.2. The summed E-state index contributed by atoms with van der Waals surface area (Å²) in [6, 6.07) is 12.9. The lowest BCUT2D eigenvalue weighted by Crippen LogP contribution is -2.04. The van der Waals surface area contributed by atoms with Crippen LogP contribution in [0.2, 0.25) is 0 Å². The Labute approximate surface area is 131 Å². The van der Waals surface area contributed by atoms with Crippen molar-refractivity contribution in [3.05, 3.63) is 54.2 Å². The number of rotatable bonds is 3. The number of benzene rings is 2. The fourth-order valence-corrected chi connectivity index (χ4v) is 2.54. The highest BCUT2D eigenvalue weighted by Gasteiger charge is 2.20. The lowest BCUT2D eigenvalue weighted by molar-refractivity contribution is 0.0697. The van der Waals surface area contributed by atoms with E-state index in [0.29, 0.717) is 28.1 Å². The van der Waals surface area contributed by atoms with Crippen LogP contribution in [-0.2, 0) is 0 Å². The first kappa shape index (κ1) is 13.4. The van der Waals surface area contributed by atoms with Gasteiger partial charge in [0.25, 0.3) is 0 Å². The van der Waals surface area contributed by atoms with Crippen molar-refractivity contribution in [2.45, 2.75) is 0 Å². The third-order valence-corrected chi connectivity index (χ3v) is 3.64. The molecule has 23 heavy (non-hydrogen) atoms. The van der Waals surface area contributed by atoms with E-state index in [0.717, 1.165) is 5.69 Å². The standard InChI is InChI=1S/C17H12N2O4/c20-17(21)12-8-18-13-7-15-14(22-9-23-15)6-11(13)16(12)19-10-4-2-1-3-5-10/h1-8H,9H2,(H,18,19)(H,20,21). The predicted octanol–water partition coefficient (Wildman–Crippen LogP) is 3.41. The number of nitrogens with zero attached hydrogens (tertiary/aromatic N) is 1. The topological polar surface area (TPSA) is 80.7 Å². The second kappa shape index (κ2) is 5.17. The molecular weight excluding hydrogens is 296 g/mol. The molecule has 0 unspecified atom stereocenters. The van der Waals surface area contributed by atoms with Crippen LogP contribution in [0.25, 0.3) is 10.9 Å². The van der Waals surface area contributed by atoms with Gasteiger partial charge in [-0.05, 0) is 18.2 Å². The molecule has 114 valence electrons. The lowest BCUT2D eigenvalue weighted by atomic mass is 10.1. The first-order valence-corrected chi connectivity index (χ1v) is 7.00. The highest BCUT2D eigenvalue weighted by molar-refractivity contribution is 6.06. The molecule has 6 heteroatoms. The minimum atomic E-state index is -1.05. The lowest BCUT2D eigenvalue weighted by Gasteiger charge is -2.13. The van der Waals surface area contributed by atoms with Crippen LogP contribution in [0.1, 0.15) is 10.4 Å². The van der Waals surface area contributed by atoms with Crippen molar-refractivity contribution in [1.82, 2.24) is 4.98 Å². The summed E-state index contributed by atoms with van der Waals surface area (Å²) in [6.07, 6.45) is 1.35. The Kier molecular flexibility index (Phi) is 3.01. The zero-order chi connectivity index (χ0) is 15.8. The maximum absolute atomic E-state index is 11.6. The number of carboxylic acids is 1. The zero-order valence-corrected chi connectivity index (χ0v) is 11.9. The number of para-hydroxylation sites is 1. The third-order valence-electron chi connectivity index (χ3n) is 3.64. The van der Waals surface area contributed by atoms with Gasteiger partial charge in [-0.2, -0.15) is 0 Å². The molecule has 0 atom stereocenters. The molecule has 1 aromatic heterocycles. The van der Waals surface area contributed by atoms with Gasteiger partial charge < -0.3 is 19.9 Å². The second-order valence-corrected chi connectivity index (χ2v) is 5.07. The van der Waals surface area contributed by atoms with E-state index in [2.05, 4.69) is 10.3 Å². The average Bonchev–Trinajstić information content (AvgIpc) is 3.01. The Balaban J connectivity index is 1.94. The van der Waals surface area contributed by atoms with Crippen LogP contribution < -0.4 is 14.8 Å². The number of nitrogens with one attached hydrogen (secondary N) is 1. The Hall–Kier alpha value is -3.28. The fraction of sp³-hybridized carbons (Fsp3) is 0.0588. The molecule has 6 nitrogen and oxygen atoms in total. The maximum atomic E-state index is 11.6. The minimum Gasteiger partial charge on any atom is -0.478 e. The van der Waals surface area contributed by atoms with Gasteiger partial charge in [0, 0.05) is 23.3 Å². The number of carbonyl (C=O) groups is 1. The normalized spacial score (nSPS) is 12.3. The number of aromatic carboxylic acids is 1. The van der Waals surface area contributed by atoms with Gasteiger partial charge in [0.2, 0.25) is 6.79 Å². The summed E-state index contributed by atoms with van der Waals surface area (Å²) in [5, 5.41) is 13.3. The van der Waals surface area contributed by atoms with Gasteiger partial charge in [-0.25, -0.2) is 4.79 Å². The molecule has 1 aliphatic heterocycles. The highest BCUT2D eigenvalue weighted by Crippen LogP contribution is 2.39. The molecule has 0 saturated carbocycles. The van der Waals surface area contributed by atoms with Crippen LogP contribution in [-0.4, -0.2) is 22.9 Å². The van der Waals surface area contributed by atoms with E-state index in [9.17, 15) is 9.90 Å². The van der Waals surface area contributed by atoms with Crippen molar-refractivity contribution in [2.75, 3.05) is 12.1 Å². The quantitative estimate of drug-likeness (QED) is 0.772. The van der Waals surface area contributed by atoms with Gasteiger partial charge in [-0.15, -0.1) is 0 Å². The van der Waals surface area contributed by atoms with Crippen LogP contribution in [0.4, 0.5) is 11.4 Å². The molecular formula is C17H12N2O4. The minimum absolute atomic E-state index is 0.0974. The number of hydrogen-bond acceptors (Lipinski definition) is 5. The van der Waals surface area contributed by atoms with E-state index >= 15 is 0 Å². The van der Waals surface area contributed by atoms with Gasteiger partial charge >= 0.3 is 5.97 Å². The number of anilines is 2. The van der Waals surface area contributed by atoms with Crippen molar-refractivity contribution in [2.24, 2.45) is 0 Å². The van der Waals surface area contributed by atoms with E-state index in [4.69, 9.17) is 9.47 Å². The molecule has 0 radical (unpaired) electrons. The Morgan fingerprint density at radius 2 is 1.87 bits per heavy atom. The molecule has 0 spiro atoms. The molecule has 0 fully saturated rings. The van der Waals surface area contributed by atoms with Gasteiger partial charge in [-0.3, -0.25) is 4.98 Å². The number of carboxylic acid groups (broad SMARTS) is 1. The monoisotopic (exact) mass is 308 g/mol. The van der Waals surface area contributed by atoms with Crippen LogP contribution in [0.15, 0.2) is 48.7 Å². The van der Waals surface area contributed by atoms with E-state index < -0.39 is 5.97 Å². The summed E-state index contributed by atoms with van der Waals surface area (Å²) < 4.78 is 10.7. The van der Waals surface area contributed by atoms with Gasteiger partial charge in [0.1, 0.15) is 5.56 Å². The number of fused-ring (bicyclic) bond motifs is 2. The molecule has 2 aromatic carbocycles. The summed E-state index contributed by atoms with van der Waals surface area (Å²) in [7, 11) is 0. The van der Waals surface area contributed by atoms with E-state index in [-0.39, 0.29) is 12.4 Å². The molecule has 0 aliphatic carbocycles. The molecule has 4 rings (SSSR count). The van der Waals surface area contributed by atoms with Crippen molar-refractivity contribution in [3.63, 3.8) is 0 Å². The molecule has 3 aromatic rings. The van der Waals surface area contributed by atoms with E-state index in [1.54, 1.807) is 12.1 Å².